The molecule has 1 saturated heterocycles. The molecule has 0 radical (unpaired) electrons. The Morgan fingerprint density at radius 1 is 1.14 bits per heavy atom. The molecule has 1 aromatic carbocycles. The maximum absolute atomic E-state index is 13.5. The van der Waals surface area contributed by atoms with Crippen molar-refractivity contribution in [3.05, 3.63) is 77.0 Å². The van der Waals surface area contributed by atoms with Crippen molar-refractivity contribution >= 4 is 45.8 Å². The summed E-state index contributed by atoms with van der Waals surface area (Å²) in [4.78, 5) is 41.6. The highest BCUT2D eigenvalue weighted by molar-refractivity contribution is 6.36. The molecular weight excluding hydrogens is 484 g/mol. The van der Waals surface area contributed by atoms with Crippen LogP contribution in [-0.2, 0) is 4.74 Å². The van der Waals surface area contributed by atoms with Crippen LogP contribution in [0, 0.1) is 0 Å². The number of ketones is 1. The van der Waals surface area contributed by atoms with Gasteiger partial charge in [-0.2, -0.15) is 0 Å². The lowest BCUT2D eigenvalue weighted by Gasteiger charge is -2.29. The number of ether oxygens (including phenoxy) is 1. The van der Waals surface area contributed by atoms with Gasteiger partial charge in [0.15, 0.2) is 5.78 Å². The van der Waals surface area contributed by atoms with Crippen molar-refractivity contribution in [3.8, 4) is 0 Å². The van der Waals surface area contributed by atoms with Crippen molar-refractivity contribution in [1.82, 2.24) is 19.9 Å². The Labute approximate surface area is 211 Å². The van der Waals surface area contributed by atoms with Gasteiger partial charge in [0, 0.05) is 35.4 Å². The average Bonchev–Trinajstić information content (AvgIpc) is 3.34. The van der Waals surface area contributed by atoms with Crippen molar-refractivity contribution in [2.75, 3.05) is 23.8 Å². The number of nitrogens with zero attached hydrogens (tertiary/aromatic N) is 3. The van der Waals surface area contributed by atoms with E-state index in [1.165, 1.54) is 18.5 Å². The van der Waals surface area contributed by atoms with Crippen molar-refractivity contribution in [1.29, 1.82) is 0 Å². The molecule has 36 heavy (non-hydrogen) atoms. The van der Waals surface area contributed by atoms with Crippen LogP contribution in [0.4, 0.5) is 11.5 Å². The Morgan fingerprint density at radius 3 is 2.69 bits per heavy atom. The van der Waals surface area contributed by atoms with Gasteiger partial charge in [-0.15, -0.1) is 0 Å². The number of benzene rings is 1. The van der Waals surface area contributed by atoms with Crippen LogP contribution in [0.5, 0.6) is 0 Å². The van der Waals surface area contributed by atoms with Crippen molar-refractivity contribution in [2.24, 2.45) is 0 Å². The van der Waals surface area contributed by atoms with Gasteiger partial charge in [0.05, 0.1) is 41.3 Å². The first-order valence-electron chi connectivity index (χ1n) is 11.4. The van der Waals surface area contributed by atoms with E-state index in [9.17, 15) is 14.7 Å². The molecule has 1 aliphatic rings. The molecule has 4 N–H and O–H groups in total. The molecular formula is C25H23ClN6O4. The fraction of sp³-hybridized carbons (Fsp3) is 0.240. The van der Waals surface area contributed by atoms with Gasteiger partial charge in [0.25, 0.3) is 5.91 Å². The van der Waals surface area contributed by atoms with E-state index in [1.807, 2.05) is 0 Å². The Balaban J connectivity index is 1.38. The number of fused-ring (bicyclic) bond motifs is 1. The number of hydrogen-bond donors (Lipinski definition) is 4. The van der Waals surface area contributed by atoms with Crippen LogP contribution in [0.25, 0.3) is 11.0 Å². The SMILES string of the molecule is O=C(Nc1ccncc1)c1ccc(C(=O)c2c[nH]c3ncnc(N[C@H]4CC[C@@H](CO)OC4)c23)c(Cl)c1. The molecule has 0 bridgehead atoms. The van der Waals surface area contributed by atoms with Gasteiger partial charge >= 0.3 is 0 Å². The van der Waals surface area contributed by atoms with Gasteiger partial charge in [0.1, 0.15) is 17.8 Å². The van der Waals surface area contributed by atoms with Gasteiger partial charge in [-0.05, 0) is 43.2 Å². The number of nitrogens with one attached hydrogen (secondary N) is 3. The molecule has 4 aromatic rings. The fourth-order valence-corrected chi connectivity index (χ4v) is 4.40. The molecule has 11 heteroatoms. The number of carbonyl (C=O) groups is 2. The number of carbonyl (C=O) groups excluding carboxylic acids is 2. The number of H-pyrrole nitrogens is 1. The predicted molar refractivity (Wildman–Crippen MR) is 134 cm³/mol. The van der Waals surface area contributed by atoms with Crippen LogP contribution in [0.1, 0.15) is 39.1 Å². The number of pyridine rings is 1. The molecule has 184 valence electrons. The monoisotopic (exact) mass is 506 g/mol. The maximum Gasteiger partial charge on any atom is 0.255 e. The highest BCUT2D eigenvalue weighted by Crippen LogP contribution is 2.29. The normalized spacial score (nSPS) is 17.6. The van der Waals surface area contributed by atoms with Gasteiger partial charge in [-0.3, -0.25) is 14.6 Å². The van der Waals surface area contributed by atoms with E-state index in [0.717, 1.165) is 12.8 Å². The summed E-state index contributed by atoms with van der Waals surface area (Å²) in [7, 11) is 0. The number of anilines is 2. The van der Waals surface area contributed by atoms with E-state index in [-0.39, 0.29) is 41.0 Å². The Kier molecular flexibility index (Phi) is 6.90. The van der Waals surface area contributed by atoms with Gasteiger partial charge in [-0.25, -0.2) is 9.97 Å². The molecule has 2 atom stereocenters. The first-order valence-corrected chi connectivity index (χ1v) is 11.8. The van der Waals surface area contributed by atoms with Crippen LogP contribution < -0.4 is 10.6 Å². The fourth-order valence-electron chi connectivity index (χ4n) is 4.13. The van der Waals surface area contributed by atoms with Gasteiger partial charge in [-0.1, -0.05) is 11.6 Å². The molecule has 1 aliphatic heterocycles. The highest BCUT2D eigenvalue weighted by atomic mass is 35.5. The van der Waals surface area contributed by atoms with Crippen LogP contribution in [0.2, 0.25) is 5.02 Å². The van der Waals surface area contributed by atoms with Crippen LogP contribution in [0.15, 0.2) is 55.2 Å². The molecule has 0 saturated carbocycles. The first kappa shape index (κ1) is 23.9. The molecule has 0 unspecified atom stereocenters. The average molecular weight is 507 g/mol. The van der Waals surface area contributed by atoms with Gasteiger partial charge in [0.2, 0.25) is 0 Å². The smallest absolute Gasteiger partial charge is 0.255 e. The lowest BCUT2D eigenvalue weighted by molar-refractivity contribution is -0.0224. The number of hydrogen-bond acceptors (Lipinski definition) is 8. The number of aliphatic hydroxyl groups excluding tert-OH is 1. The lowest BCUT2D eigenvalue weighted by atomic mass is 10.0. The topological polar surface area (TPSA) is 142 Å². The number of halogens is 1. The zero-order valence-electron chi connectivity index (χ0n) is 19.1. The Bertz CT molecular complexity index is 1400. The van der Waals surface area contributed by atoms with Crippen LogP contribution >= 0.6 is 11.6 Å². The van der Waals surface area contributed by atoms with E-state index in [2.05, 4.69) is 30.6 Å². The molecule has 3 aromatic heterocycles. The minimum atomic E-state index is -0.354. The quantitative estimate of drug-likeness (QED) is 0.279. The Morgan fingerprint density at radius 2 is 1.97 bits per heavy atom. The van der Waals surface area contributed by atoms with Crippen molar-refractivity contribution in [3.63, 3.8) is 0 Å². The second-order valence-corrected chi connectivity index (χ2v) is 8.83. The van der Waals surface area contributed by atoms with Crippen molar-refractivity contribution < 1.29 is 19.4 Å². The second kappa shape index (κ2) is 10.4. The summed E-state index contributed by atoms with van der Waals surface area (Å²) in [5.74, 6) is -0.178. The number of aliphatic hydroxyl groups is 1. The van der Waals surface area contributed by atoms with Crippen molar-refractivity contribution in [2.45, 2.75) is 25.0 Å². The van der Waals surface area contributed by atoms with E-state index >= 15 is 0 Å². The van der Waals surface area contributed by atoms with Crippen LogP contribution in [-0.4, -0.2) is 62.1 Å². The molecule has 1 fully saturated rings. The molecule has 0 spiro atoms. The third kappa shape index (κ3) is 4.92. The zero-order valence-corrected chi connectivity index (χ0v) is 19.8. The standard InChI is InChI=1S/C25H23ClN6O4/c26-20-9-14(25(35)32-15-5-7-27-8-6-15)1-4-18(20)22(34)19-10-28-23-21(19)24(30-13-29-23)31-16-2-3-17(11-33)36-12-16/h1,4-10,13,16-17,33H,2-3,11-12H2,(H,27,32,35)(H2,28,29,30,31)/t16-,17-/m0/s1. The molecule has 0 aliphatic carbocycles. The number of aromatic amines is 1. The number of aromatic nitrogens is 4. The van der Waals surface area contributed by atoms with E-state index in [1.54, 1.807) is 36.8 Å². The Hall–Kier alpha value is -3.86. The summed E-state index contributed by atoms with van der Waals surface area (Å²) in [6.45, 7) is 0.408. The maximum atomic E-state index is 13.5. The summed E-state index contributed by atoms with van der Waals surface area (Å²) < 4.78 is 5.65. The highest BCUT2D eigenvalue weighted by Gasteiger charge is 2.25. The molecule has 10 nitrogen and oxygen atoms in total. The summed E-state index contributed by atoms with van der Waals surface area (Å²) in [6, 6.07) is 7.87. The summed E-state index contributed by atoms with van der Waals surface area (Å²) >= 11 is 6.46. The number of amides is 1. The summed E-state index contributed by atoms with van der Waals surface area (Å²) in [5, 5.41) is 16.1. The minimum Gasteiger partial charge on any atom is -0.394 e. The molecule has 5 rings (SSSR count). The van der Waals surface area contributed by atoms with Gasteiger partial charge < -0.3 is 25.5 Å². The summed E-state index contributed by atoms with van der Waals surface area (Å²) in [6.07, 6.45) is 7.49. The third-order valence-electron chi connectivity index (χ3n) is 6.04. The summed E-state index contributed by atoms with van der Waals surface area (Å²) in [5.41, 5.74) is 2.02. The van der Waals surface area contributed by atoms with E-state index < -0.39 is 0 Å². The molecule has 1 amide bonds. The largest absolute Gasteiger partial charge is 0.394 e. The zero-order chi connectivity index (χ0) is 25.1. The van der Waals surface area contributed by atoms with Crippen LogP contribution in [0.3, 0.4) is 0 Å². The van der Waals surface area contributed by atoms with E-state index in [4.69, 9.17) is 16.3 Å². The van der Waals surface area contributed by atoms with E-state index in [0.29, 0.717) is 40.3 Å². The third-order valence-corrected chi connectivity index (χ3v) is 6.36. The molecule has 4 heterocycles. The second-order valence-electron chi connectivity index (χ2n) is 8.42. The lowest BCUT2D eigenvalue weighted by Crippen LogP contribution is -2.36. The first-order chi connectivity index (χ1) is 17.5. The number of rotatable bonds is 7. The minimum absolute atomic E-state index is 0.00806. The predicted octanol–water partition coefficient (Wildman–Crippen LogP) is 3.44.